The monoisotopic (exact) mass is 257 g/mol. The second kappa shape index (κ2) is 6.02. The molecule has 0 radical (unpaired) electrons. The summed E-state index contributed by atoms with van der Waals surface area (Å²) >= 11 is 0. The highest BCUT2D eigenvalue weighted by atomic mass is 16.7. The fourth-order valence-electron chi connectivity index (χ4n) is 1.58. The number of hydrogen-bond donors (Lipinski definition) is 0. The molecule has 0 aliphatic heterocycles. The third-order valence-corrected chi connectivity index (χ3v) is 2.62. The molecule has 2 aromatic rings. The molecule has 0 fully saturated rings. The first-order chi connectivity index (χ1) is 9.20. The van der Waals surface area contributed by atoms with Gasteiger partial charge in [0.1, 0.15) is 11.5 Å². The molecule has 0 spiro atoms. The van der Waals surface area contributed by atoms with E-state index in [9.17, 15) is 4.79 Å². The van der Waals surface area contributed by atoms with Crippen molar-refractivity contribution in [1.29, 1.82) is 0 Å². The third kappa shape index (κ3) is 3.33. The van der Waals surface area contributed by atoms with Gasteiger partial charge in [0.15, 0.2) is 0 Å². The minimum atomic E-state index is -0.221. The lowest BCUT2D eigenvalue weighted by Crippen LogP contribution is -2.25. The van der Waals surface area contributed by atoms with Gasteiger partial charge in [-0.15, -0.1) is 0 Å². The molecule has 2 aromatic carbocycles. The molecule has 0 saturated heterocycles. The molecule has 0 aliphatic rings. The number of ether oxygens (including phenoxy) is 1. The normalized spacial score (nSPS) is 10.0. The standard InChI is InChI=1S/C15H15NO3/c1-16(18-2)15(17)12-7-6-10-14(11-12)19-13-8-4-3-5-9-13/h3-11H,1-2H3. The van der Waals surface area contributed by atoms with Gasteiger partial charge in [-0.05, 0) is 30.3 Å². The Balaban J connectivity index is 2.18. The Hall–Kier alpha value is -2.33. The van der Waals surface area contributed by atoms with Crippen LogP contribution < -0.4 is 4.74 Å². The summed E-state index contributed by atoms with van der Waals surface area (Å²) in [6.45, 7) is 0. The Morgan fingerprint density at radius 3 is 2.37 bits per heavy atom. The Morgan fingerprint density at radius 2 is 1.68 bits per heavy atom. The second-order valence-electron chi connectivity index (χ2n) is 3.93. The summed E-state index contributed by atoms with van der Waals surface area (Å²) in [5.74, 6) is 1.12. The molecular weight excluding hydrogens is 242 g/mol. The zero-order chi connectivity index (χ0) is 13.7. The van der Waals surface area contributed by atoms with E-state index in [1.54, 1.807) is 31.3 Å². The number of carbonyl (C=O) groups excluding carboxylic acids is 1. The second-order valence-corrected chi connectivity index (χ2v) is 3.93. The fraction of sp³-hybridized carbons (Fsp3) is 0.133. The Morgan fingerprint density at radius 1 is 1.00 bits per heavy atom. The van der Waals surface area contributed by atoms with Gasteiger partial charge in [0.05, 0.1) is 7.11 Å². The van der Waals surface area contributed by atoms with Crippen molar-refractivity contribution in [2.24, 2.45) is 0 Å². The molecule has 2 rings (SSSR count). The van der Waals surface area contributed by atoms with Gasteiger partial charge in [-0.25, -0.2) is 5.06 Å². The Bertz CT molecular complexity index is 554. The average molecular weight is 257 g/mol. The molecule has 0 saturated carbocycles. The smallest absolute Gasteiger partial charge is 0.277 e. The summed E-state index contributed by atoms with van der Waals surface area (Å²) in [4.78, 5) is 16.8. The van der Waals surface area contributed by atoms with Gasteiger partial charge in [-0.2, -0.15) is 0 Å². The van der Waals surface area contributed by atoms with Crippen molar-refractivity contribution in [3.63, 3.8) is 0 Å². The predicted octanol–water partition coefficient (Wildman–Crippen LogP) is 3.11. The number of rotatable bonds is 4. The van der Waals surface area contributed by atoms with Crippen molar-refractivity contribution in [3.05, 3.63) is 60.2 Å². The molecule has 0 atom stereocenters. The van der Waals surface area contributed by atoms with Crippen LogP contribution in [0.2, 0.25) is 0 Å². The molecule has 0 heterocycles. The highest BCUT2D eigenvalue weighted by Crippen LogP contribution is 2.22. The summed E-state index contributed by atoms with van der Waals surface area (Å²) in [6.07, 6.45) is 0. The lowest BCUT2D eigenvalue weighted by molar-refractivity contribution is -0.0757. The van der Waals surface area contributed by atoms with Crippen LogP contribution in [0.1, 0.15) is 10.4 Å². The van der Waals surface area contributed by atoms with Gasteiger partial charge in [0, 0.05) is 12.6 Å². The number of benzene rings is 2. The van der Waals surface area contributed by atoms with E-state index in [1.165, 1.54) is 12.2 Å². The number of hydroxylamine groups is 2. The minimum absolute atomic E-state index is 0.221. The van der Waals surface area contributed by atoms with E-state index in [0.717, 1.165) is 5.75 Å². The van der Waals surface area contributed by atoms with Crippen molar-refractivity contribution in [1.82, 2.24) is 5.06 Å². The number of nitrogens with zero attached hydrogens (tertiary/aromatic N) is 1. The van der Waals surface area contributed by atoms with E-state index in [-0.39, 0.29) is 5.91 Å². The average Bonchev–Trinajstić information content (AvgIpc) is 2.47. The first kappa shape index (κ1) is 13.1. The lowest BCUT2D eigenvalue weighted by Gasteiger charge is -2.14. The van der Waals surface area contributed by atoms with Crippen LogP contribution in [-0.4, -0.2) is 25.1 Å². The van der Waals surface area contributed by atoms with Gasteiger partial charge in [0.25, 0.3) is 5.91 Å². The molecule has 1 amide bonds. The maximum atomic E-state index is 11.9. The van der Waals surface area contributed by atoms with E-state index in [1.807, 2.05) is 30.3 Å². The van der Waals surface area contributed by atoms with E-state index in [4.69, 9.17) is 9.57 Å². The fourth-order valence-corrected chi connectivity index (χ4v) is 1.58. The maximum absolute atomic E-state index is 11.9. The van der Waals surface area contributed by atoms with Gasteiger partial charge in [0.2, 0.25) is 0 Å². The first-order valence-corrected chi connectivity index (χ1v) is 5.86. The minimum Gasteiger partial charge on any atom is -0.457 e. The van der Waals surface area contributed by atoms with E-state index in [0.29, 0.717) is 11.3 Å². The van der Waals surface area contributed by atoms with Crippen molar-refractivity contribution >= 4 is 5.91 Å². The molecule has 0 aliphatic carbocycles. The number of carbonyl (C=O) groups is 1. The van der Waals surface area contributed by atoms with Gasteiger partial charge < -0.3 is 4.74 Å². The highest BCUT2D eigenvalue weighted by molar-refractivity contribution is 5.93. The third-order valence-electron chi connectivity index (χ3n) is 2.62. The van der Waals surface area contributed by atoms with Crippen LogP contribution in [0.25, 0.3) is 0 Å². The number of para-hydroxylation sites is 1. The SMILES string of the molecule is CON(C)C(=O)c1cccc(Oc2ccccc2)c1. The molecule has 98 valence electrons. The lowest BCUT2D eigenvalue weighted by atomic mass is 10.2. The van der Waals surface area contributed by atoms with Crippen LogP contribution in [0, 0.1) is 0 Å². The number of amides is 1. The molecule has 0 aromatic heterocycles. The van der Waals surface area contributed by atoms with Gasteiger partial charge >= 0.3 is 0 Å². The van der Waals surface area contributed by atoms with Gasteiger partial charge in [-0.1, -0.05) is 24.3 Å². The highest BCUT2D eigenvalue weighted by Gasteiger charge is 2.11. The predicted molar refractivity (Wildman–Crippen MR) is 72.1 cm³/mol. The molecule has 19 heavy (non-hydrogen) atoms. The quantitative estimate of drug-likeness (QED) is 0.790. The first-order valence-electron chi connectivity index (χ1n) is 5.86. The molecule has 4 nitrogen and oxygen atoms in total. The van der Waals surface area contributed by atoms with Crippen molar-refractivity contribution in [2.45, 2.75) is 0 Å². The number of hydrogen-bond acceptors (Lipinski definition) is 3. The van der Waals surface area contributed by atoms with E-state index < -0.39 is 0 Å². The van der Waals surface area contributed by atoms with Crippen molar-refractivity contribution in [2.75, 3.05) is 14.2 Å². The van der Waals surface area contributed by atoms with E-state index >= 15 is 0 Å². The Labute approximate surface area is 112 Å². The molecule has 0 bridgehead atoms. The van der Waals surface area contributed by atoms with E-state index in [2.05, 4.69) is 0 Å². The topological polar surface area (TPSA) is 38.8 Å². The summed E-state index contributed by atoms with van der Waals surface area (Å²) in [5.41, 5.74) is 0.512. The van der Waals surface area contributed by atoms with Crippen LogP contribution >= 0.6 is 0 Å². The summed E-state index contributed by atoms with van der Waals surface area (Å²) in [5, 5.41) is 1.17. The van der Waals surface area contributed by atoms with Crippen LogP contribution in [0.5, 0.6) is 11.5 Å². The van der Waals surface area contributed by atoms with Gasteiger partial charge in [-0.3, -0.25) is 9.63 Å². The van der Waals surface area contributed by atoms with Crippen molar-refractivity contribution in [3.8, 4) is 11.5 Å². The zero-order valence-electron chi connectivity index (χ0n) is 10.9. The maximum Gasteiger partial charge on any atom is 0.277 e. The molecule has 4 heteroatoms. The summed E-state index contributed by atoms with van der Waals surface area (Å²) in [7, 11) is 3.01. The van der Waals surface area contributed by atoms with Crippen LogP contribution in [0.3, 0.4) is 0 Å². The largest absolute Gasteiger partial charge is 0.457 e. The van der Waals surface area contributed by atoms with Crippen molar-refractivity contribution < 1.29 is 14.4 Å². The van der Waals surface area contributed by atoms with Crippen LogP contribution in [0.4, 0.5) is 0 Å². The van der Waals surface area contributed by atoms with Crippen LogP contribution in [-0.2, 0) is 4.84 Å². The molecule has 0 N–H and O–H groups in total. The molecular formula is C15H15NO3. The Kier molecular flexibility index (Phi) is 4.15. The summed E-state index contributed by atoms with van der Waals surface area (Å²) < 4.78 is 5.67. The van der Waals surface area contributed by atoms with Crippen LogP contribution in [0.15, 0.2) is 54.6 Å². The molecule has 0 unspecified atom stereocenters. The summed E-state index contributed by atoms with van der Waals surface area (Å²) in [6, 6.07) is 16.4. The zero-order valence-corrected chi connectivity index (χ0v) is 10.9.